The van der Waals surface area contributed by atoms with Gasteiger partial charge in [0.1, 0.15) is 0 Å². The first-order valence-electron chi connectivity index (χ1n) is 10.4. The van der Waals surface area contributed by atoms with E-state index in [1.807, 2.05) is 0 Å². The molecule has 1 aliphatic carbocycles. The monoisotopic (exact) mass is 402 g/mol. The van der Waals surface area contributed by atoms with Gasteiger partial charge >= 0.3 is 18.9 Å². The van der Waals surface area contributed by atoms with Crippen molar-refractivity contribution < 1.29 is 38.2 Å². The van der Waals surface area contributed by atoms with Crippen molar-refractivity contribution in [3.63, 3.8) is 0 Å². The second-order valence-electron chi connectivity index (χ2n) is 10.7. The molecule has 1 N–H and O–H groups in total. The van der Waals surface area contributed by atoms with Crippen molar-refractivity contribution in [3.05, 3.63) is 17.7 Å². The quantitative estimate of drug-likeness (QED) is 0.547. The van der Waals surface area contributed by atoms with Crippen LogP contribution in [0.25, 0.3) is 0 Å². The van der Waals surface area contributed by atoms with E-state index >= 15 is 0 Å². The van der Waals surface area contributed by atoms with Gasteiger partial charge in [0, 0.05) is 11.8 Å². The second-order valence-corrected chi connectivity index (χ2v) is 15.7. The summed E-state index contributed by atoms with van der Waals surface area (Å²) in [7, 11) is -1.45. The molecule has 1 saturated carbocycles. The van der Waals surface area contributed by atoms with Gasteiger partial charge in [-0.05, 0) is 25.2 Å². The molecule has 4 nitrogen and oxygen atoms in total. The van der Waals surface area contributed by atoms with Crippen LogP contribution in [0.2, 0.25) is 19.6 Å². The minimum Gasteiger partial charge on any atom is -0.503 e. The SMILES string of the molecule is C[C@@H]1CC[C@@H]([CH-]C(=O)O)/C(=C/[Si](C)(C)C)[C@H]1CCC1(C)OCC(C)(C)CO1.[Li+]. The first-order chi connectivity index (χ1) is 12.3. The molecule has 0 unspecified atom stereocenters. The van der Waals surface area contributed by atoms with Crippen LogP contribution in [-0.2, 0) is 14.3 Å². The van der Waals surface area contributed by atoms with Crippen LogP contribution in [0, 0.1) is 29.6 Å². The zero-order valence-corrected chi connectivity index (χ0v) is 20.3. The van der Waals surface area contributed by atoms with Crippen molar-refractivity contribution >= 4 is 14.0 Å². The van der Waals surface area contributed by atoms with E-state index < -0.39 is 19.8 Å². The summed E-state index contributed by atoms with van der Waals surface area (Å²) in [6.07, 6.45) is 5.37. The summed E-state index contributed by atoms with van der Waals surface area (Å²) >= 11 is 0. The maximum atomic E-state index is 11.4. The molecule has 0 aromatic carbocycles. The number of ether oxygens (including phenoxy) is 2. The number of rotatable bonds is 6. The molecule has 0 aromatic rings. The van der Waals surface area contributed by atoms with Crippen molar-refractivity contribution in [2.75, 3.05) is 13.2 Å². The van der Waals surface area contributed by atoms with E-state index in [1.54, 1.807) is 0 Å². The van der Waals surface area contributed by atoms with Gasteiger partial charge in [0.05, 0.1) is 21.3 Å². The van der Waals surface area contributed by atoms with Gasteiger partial charge in [-0.2, -0.15) is 0 Å². The van der Waals surface area contributed by atoms with Crippen LogP contribution in [0.3, 0.4) is 0 Å². The average molecular weight is 403 g/mol. The Labute approximate surface area is 185 Å². The molecule has 28 heavy (non-hydrogen) atoms. The molecule has 156 valence electrons. The van der Waals surface area contributed by atoms with Gasteiger partial charge in [-0.25, -0.2) is 0 Å². The minimum absolute atomic E-state index is 0. The predicted molar refractivity (Wildman–Crippen MR) is 112 cm³/mol. The molecule has 0 spiro atoms. The van der Waals surface area contributed by atoms with E-state index in [4.69, 9.17) is 9.47 Å². The normalized spacial score (nSPS) is 31.1. The van der Waals surface area contributed by atoms with E-state index in [-0.39, 0.29) is 30.2 Å². The van der Waals surface area contributed by atoms with Crippen LogP contribution in [-0.4, -0.2) is 38.2 Å². The fourth-order valence-corrected chi connectivity index (χ4v) is 5.70. The summed E-state index contributed by atoms with van der Waals surface area (Å²) in [5.74, 6) is -0.291. The first-order valence-corrected chi connectivity index (χ1v) is 14.0. The Morgan fingerprint density at radius 1 is 1.21 bits per heavy atom. The van der Waals surface area contributed by atoms with Crippen molar-refractivity contribution in [2.45, 2.75) is 78.8 Å². The molecule has 6 heteroatoms. The standard InChI is InChI=1S/C22H39O4Si.Li/c1-16-8-9-17(12-20(23)24)19(13-27(5,6)7)18(16)10-11-22(4)25-14-21(2,3)15-26-22;/h12-13,16-18H,8-11,14-15H2,1-7H3,(H,23,24);/q-1;+1/b19-13-;/t16-,17+,18+;/m1./s1. The third kappa shape index (κ3) is 7.57. The maximum Gasteiger partial charge on any atom is 1.00 e. The Morgan fingerprint density at radius 3 is 2.29 bits per heavy atom. The zero-order valence-electron chi connectivity index (χ0n) is 19.3. The van der Waals surface area contributed by atoms with Gasteiger partial charge in [0.2, 0.25) is 0 Å². The van der Waals surface area contributed by atoms with Gasteiger partial charge in [0.15, 0.2) is 11.8 Å². The fourth-order valence-electron chi connectivity index (χ4n) is 4.27. The summed E-state index contributed by atoms with van der Waals surface area (Å²) in [5, 5.41) is 9.35. The number of aliphatic carboxylic acids is 1. The van der Waals surface area contributed by atoms with Crippen molar-refractivity contribution in [2.24, 2.45) is 23.2 Å². The van der Waals surface area contributed by atoms with Gasteiger partial charge in [-0.1, -0.05) is 64.5 Å². The van der Waals surface area contributed by atoms with E-state index in [0.717, 1.165) is 38.9 Å². The van der Waals surface area contributed by atoms with Crippen LogP contribution in [0.1, 0.15) is 53.4 Å². The van der Waals surface area contributed by atoms with E-state index in [9.17, 15) is 9.90 Å². The van der Waals surface area contributed by atoms with E-state index in [0.29, 0.717) is 11.8 Å². The van der Waals surface area contributed by atoms with Gasteiger partial charge in [-0.15, -0.1) is 5.92 Å². The number of carboxylic acid groups (broad SMARTS) is 1. The number of hydrogen-bond acceptors (Lipinski definition) is 3. The molecule has 1 saturated heterocycles. The van der Waals surface area contributed by atoms with Gasteiger partial charge < -0.3 is 14.6 Å². The predicted octanol–water partition coefficient (Wildman–Crippen LogP) is 2.31. The smallest absolute Gasteiger partial charge is 0.503 e. The number of carbonyl (C=O) groups is 1. The Kier molecular flexibility index (Phi) is 9.00. The number of hydrogen-bond donors (Lipinski definition) is 1. The van der Waals surface area contributed by atoms with Gasteiger partial charge in [0.25, 0.3) is 0 Å². The summed E-state index contributed by atoms with van der Waals surface area (Å²) in [6, 6.07) is 0. The Hall–Kier alpha value is -0.186. The molecule has 0 aromatic heterocycles. The fraction of sp³-hybridized carbons (Fsp3) is 0.818. The summed E-state index contributed by atoms with van der Waals surface area (Å²) in [5.41, 5.74) is 3.88. The number of allylic oxidation sites excluding steroid dienone is 1. The molecule has 0 amide bonds. The second kappa shape index (κ2) is 9.75. The third-order valence-corrected chi connectivity index (χ3v) is 7.06. The minimum atomic E-state index is -1.45. The third-order valence-electron chi connectivity index (χ3n) is 5.87. The average Bonchev–Trinajstić information content (AvgIpc) is 2.51. The molecule has 3 atom stereocenters. The summed E-state index contributed by atoms with van der Waals surface area (Å²) < 4.78 is 12.2. The molecular formula is C22H39LiO4Si. The van der Waals surface area contributed by atoms with Crippen molar-refractivity contribution in [3.8, 4) is 0 Å². The van der Waals surface area contributed by atoms with Crippen LogP contribution in [0.4, 0.5) is 0 Å². The van der Waals surface area contributed by atoms with Crippen molar-refractivity contribution in [1.82, 2.24) is 0 Å². The summed E-state index contributed by atoms with van der Waals surface area (Å²) in [6.45, 7) is 17.1. The van der Waals surface area contributed by atoms with Crippen LogP contribution in [0.5, 0.6) is 0 Å². The Morgan fingerprint density at radius 2 is 1.79 bits per heavy atom. The topological polar surface area (TPSA) is 55.8 Å². The van der Waals surface area contributed by atoms with E-state index in [2.05, 4.69) is 53.0 Å². The Bertz CT molecular complexity index is 557. The molecule has 2 rings (SSSR count). The molecular weight excluding hydrogens is 363 g/mol. The molecule has 2 aliphatic rings. The first kappa shape index (κ1) is 25.9. The Balaban J connectivity index is 0.00000392. The van der Waals surface area contributed by atoms with Crippen LogP contribution < -0.4 is 18.9 Å². The van der Waals surface area contributed by atoms with Gasteiger partial charge in [-0.3, -0.25) is 11.2 Å². The molecule has 1 aliphatic heterocycles. The largest absolute Gasteiger partial charge is 1.00 e. The van der Waals surface area contributed by atoms with Crippen LogP contribution >= 0.6 is 0 Å². The maximum absolute atomic E-state index is 11.4. The molecule has 2 fully saturated rings. The molecule has 0 radical (unpaired) electrons. The molecule has 0 bridgehead atoms. The van der Waals surface area contributed by atoms with E-state index in [1.165, 1.54) is 12.0 Å². The summed E-state index contributed by atoms with van der Waals surface area (Å²) in [4.78, 5) is 11.4. The molecule has 1 heterocycles. The number of carboxylic acids is 1. The van der Waals surface area contributed by atoms with Crippen molar-refractivity contribution in [1.29, 1.82) is 0 Å². The zero-order chi connectivity index (χ0) is 20.5. The van der Waals surface area contributed by atoms with Crippen LogP contribution in [0.15, 0.2) is 11.3 Å².